The van der Waals surface area contributed by atoms with Crippen LogP contribution in [0.5, 0.6) is 0 Å². The Morgan fingerprint density at radius 3 is 2.88 bits per heavy atom. The third-order valence-corrected chi connectivity index (χ3v) is 4.49. The minimum absolute atomic E-state index is 0.0626. The summed E-state index contributed by atoms with van der Waals surface area (Å²) in [4.78, 5) is 16.3. The number of carbonyl (C=O) groups excluding carboxylic acids is 1. The highest BCUT2D eigenvalue weighted by Crippen LogP contribution is 2.23. The molecule has 8 heteroatoms. The zero-order valence-corrected chi connectivity index (χ0v) is 14.8. The van der Waals surface area contributed by atoms with Crippen LogP contribution in [0.1, 0.15) is 5.56 Å². The van der Waals surface area contributed by atoms with Crippen molar-refractivity contribution in [3.05, 3.63) is 58.9 Å². The number of hydrogen-bond acceptors (Lipinski definition) is 4. The van der Waals surface area contributed by atoms with Crippen molar-refractivity contribution in [3.8, 4) is 11.4 Å². The monoisotopic (exact) mass is 376 g/mol. The number of halogens is 2. The summed E-state index contributed by atoms with van der Waals surface area (Å²) >= 11 is 6.85. The molecular formula is C17H14ClFN4OS. The molecule has 128 valence electrons. The number of aromatic nitrogens is 3. The summed E-state index contributed by atoms with van der Waals surface area (Å²) in [7, 11) is 0. The van der Waals surface area contributed by atoms with E-state index in [1.54, 1.807) is 0 Å². The highest BCUT2D eigenvalue weighted by Gasteiger charge is 2.12. The molecule has 0 saturated heterocycles. The molecule has 1 aromatic heterocycles. The minimum Gasteiger partial charge on any atom is -0.323 e. The van der Waals surface area contributed by atoms with Gasteiger partial charge in [-0.3, -0.25) is 9.89 Å². The van der Waals surface area contributed by atoms with E-state index in [0.29, 0.717) is 11.0 Å². The number of hydrogen-bond donors (Lipinski definition) is 2. The van der Waals surface area contributed by atoms with Crippen LogP contribution >= 0.6 is 23.4 Å². The highest BCUT2D eigenvalue weighted by molar-refractivity contribution is 7.99. The molecule has 0 aliphatic heterocycles. The van der Waals surface area contributed by atoms with Gasteiger partial charge in [0.1, 0.15) is 5.82 Å². The van der Waals surface area contributed by atoms with Crippen LogP contribution in [-0.2, 0) is 4.79 Å². The Balaban J connectivity index is 1.60. The molecule has 0 saturated carbocycles. The zero-order valence-electron chi connectivity index (χ0n) is 13.2. The Kier molecular flexibility index (Phi) is 5.35. The van der Waals surface area contributed by atoms with Crippen LogP contribution in [0, 0.1) is 12.7 Å². The van der Waals surface area contributed by atoms with Crippen LogP contribution in [0.25, 0.3) is 11.4 Å². The normalized spacial score (nSPS) is 10.7. The van der Waals surface area contributed by atoms with Crippen LogP contribution in [0.4, 0.5) is 10.1 Å². The first-order valence-electron chi connectivity index (χ1n) is 7.39. The number of nitrogens with one attached hydrogen (secondary N) is 2. The van der Waals surface area contributed by atoms with Gasteiger partial charge in [-0.1, -0.05) is 47.6 Å². The number of aromatic amines is 1. The quantitative estimate of drug-likeness (QED) is 0.651. The van der Waals surface area contributed by atoms with E-state index < -0.39 is 5.82 Å². The van der Waals surface area contributed by atoms with Crippen molar-refractivity contribution in [1.82, 2.24) is 15.2 Å². The average molecular weight is 377 g/mol. The smallest absolute Gasteiger partial charge is 0.234 e. The van der Waals surface area contributed by atoms with Gasteiger partial charge in [-0.15, -0.1) is 5.10 Å². The number of carbonyl (C=O) groups is 1. The number of H-pyrrole nitrogens is 1. The van der Waals surface area contributed by atoms with E-state index in [2.05, 4.69) is 20.5 Å². The predicted octanol–water partition coefficient (Wildman–Crippen LogP) is 4.30. The van der Waals surface area contributed by atoms with Gasteiger partial charge in [0.15, 0.2) is 5.82 Å². The fourth-order valence-electron chi connectivity index (χ4n) is 2.18. The van der Waals surface area contributed by atoms with Crippen LogP contribution in [0.2, 0.25) is 5.02 Å². The summed E-state index contributed by atoms with van der Waals surface area (Å²) in [5.41, 5.74) is 2.12. The minimum atomic E-state index is -0.578. The van der Waals surface area contributed by atoms with Gasteiger partial charge >= 0.3 is 0 Å². The molecule has 0 radical (unpaired) electrons. The number of amides is 1. The Bertz CT molecular complexity index is 915. The Hall–Kier alpha value is -2.38. The molecule has 5 nitrogen and oxygen atoms in total. The first-order chi connectivity index (χ1) is 12.0. The van der Waals surface area contributed by atoms with Gasteiger partial charge in [0, 0.05) is 10.6 Å². The van der Waals surface area contributed by atoms with Crippen molar-refractivity contribution in [2.75, 3.05) is 11.1 Å². The summed E-state index contributed by atoms with van der Waals surface area (Å²) in [6.45, 7) is 1.98. The predicted molar refractivity (Wildman–Crippen MR) is 97.3 cm³/mol. The van der Waals surface area contributed by atoms with Crippen molar-refractivity contribution in [3.63, 3.8) is 0 Å². The van der Waals surface area contributed by atoms with Crippen LogP contribution in [-0.4, -0.2) is 26.8 Å². The molecule has 1 amide bonds. The number of benzene rings is 2. The lowest BCUT2D eigenvalue weighted by molar-refractivity contribution is -0.113. The standard InChI is InChI=1S/C17H14ClFN4OS/c1-10-4-2-3-5-12(10)16-21-17(23-22-16)25-9-15(24)20-14-7-6-11(18)8-13(14)19/h2-8H,9H2,1H3,(H,20,24)(H,21,22,23). The number of aryl methyl sites for hydroxylation is 1. The molecule has 2 aromatic carbocycles. The van der Waals surface area contributed by atoms with Gasteiger partial charge in [0.2, 0.25) is 11.1 Å². The molecular weight excluding hydrogens is 363 g/mol. The van der Waals surface area contributed by atoms with E-state index in [4.69, 9.17) is 11.6 Å². The number of nitrogens with zero attached hydrogens (tertiary/aromatic N) is 2. The van der Waals surface area contributed by atoms with Crippen molar-refractivity contribution < 1.29 is 9.18 Å². The molecule has 3 rings (SSSR count). The molecule has 0 aliphatic rings. The molecule has 0 unspecified atom stereocenters. The van der Waals surface area contributed by atoms with Crippen molar-refractivity contribution in [2.24, 2.45) is 0 Å². The molecule has 0 aliphatic carbocycles. The van der Waals surface area contributed by atoms with E-state index >= 15 is 0 Å². The van der Waals surface area contributed by atoms with Crippen LogP contribution < -0.4 is 5.32 Å². The fourth-order valence-corrected chi connectivity index (χ4v) is 2.93. The van der Waals surface area contributed by atoms with Gasteiger partial charge in [0.25, 0.3) is 0 Å². The molecule has 0 spiro atoms. The maximum absolute atomic E-state index is 13.7. The summed E-state index contributed by atoms with van der Waals surface area (Å²) in [5.74, 6) is -0.226. The van der Waals surface area contributed by atoms with E-state index in [-0.39, 0.29) is 22.4 Å². The Labute approximate surface area is 153 Å². The Morgan fingerprint density at radius 2 is 2.12 bits per heavy atom. The molecule has 3 aromatic rings. The zero-order chi connectivity index (χ0) is 17.8. The third kappa shape index (κ3) is 4.37. The number of anilines is 1. The molecule has 25 heavy (non-hydrogen) atoms. The molecule has 0 fully saturated rings. The summed E-state index contributed by atoms with van der Waals surface area (Å²) < 4.78 is 13.7. The van der Waals surface area contributed by atoms with Crippen molar-refractivity contribution in [2.45, 2.75) is 12.1 Å². The molecule has 2 N–H and O–H groups in total. The largest absolute Gasteiger partial charge is 0.323 e. The second-order valence-electron chi connectivity index (χ2n) is 5.24. The molecule has 0 bridgehead atoms. The van der Waals surface area contributed by atoms with Crippen LogP contribution in [0.15, 0.2) is 47.6 Å². The lowest BCUT2D eigenvalue weighted by Crippen LogP contribution is -2.15. The topological polar surface area (TPSA) is 70.7 Å². The average Bonchev–Trinajstić information content (AvgIpc) is 3.05. The van der Waals surface area contributed by atoms with Gasteiger partial charge in [-0.05, 0) is 30.7 Å². The highest BCUT2D eigenvalue weighted by atomic mass is 35.5. The van der Waals surface area contributed by atoms with Crippen LogP contribution in [0.3, 0.4) is 0 Å². The van der Waals surface area contributed by atoms with Crippen molar-refractivity contribution in [1.29, 1.82) is 0 Å². The molecule has 0 atom stereocenters. The summed E-state index contributed by atoms with van der Waals surface area (Å²) in [6.07, 6.45) is 0. The SMILES string of the molecule is Cc1ccccc1-c1nc(SCC(=O)Nc2ccc(Cl)cc2F)n[nH]1. The van der Waals surface area contributed by atoms with Gasteiger partial charge in [-0.2, -0.15) is 0 Å². The fraction of sp³-hybridized carbons (Fsp3) is 0.118. The maximum atomic E-state index is 13.7. The maximum Gasteiger partial charge on any atom is 0.234 e. The van der Waals surface area contributed by atoms with Gasteiger partial charge in [-0.25, -0.2) is 9.37 Å². The molecule has 1 heterocycles. The second kappa shape index (κ2) is 7.67. The number of thioether (sulfide) groups is 1. The lowest BCUT2D eigenvalue weighted by Gasteiger charge is -2.05. The van der Waals surface area contributed by atoms with Gasteiger partial charge < -0.3 is 5.32 Å². The first-order valence-corrected chi connectivity index (χ1v) is 8.75. The van der Waals surface area contributed by atoms with Crippen molar-refractivity contribution >= 4 is 35.0 Å². The number of rotatable bonds is 5. The summed E-state index contributed by atoms with van der Waals surface area (Å²) in [6, 6.07) is 11.9. The second-order valence-corrected chi connectivity index (χ2v) is 6.62. The Morgan fingerprint density at radius 1 is 1.32 bits per heavy atom. The van der Waals surface area contributed by atoms with E-state index in [0.717, 1.165) is 29.0 Å². The first kappa shape index (κ1) is 17.4. The third-order valence-electron chi connectivity index (χ3n) is 3.40. The van der Waals surface area contributed by atoms with E-state index in [9.17, 15) is 9.18 Å². The van der Waals surface area contributed by atoms with Gasteiger partial charge in [0.05, 0.1) is 11.4 Å². The summed E-state index contributed by atoms with van der Waals surface area (Å²) in [5, 5.41) is 10.2. The van der Waals surface area contributed by atoms with E-state index in [1.165, 1.54) is 12.1 Å². The lowest BCUT2D eigenvalue weighted by atomic mass is 10.1. The van der Waals surface area contributed by atoms with E-state index in [1.807, 2.05) is 31.2 Å².